The van der Waals surface area contributed by atoms with Crippen molar-refractivity contribution in [2.45, 2.75) is 360 Å². The van der Waals surface area contributed by atoms with E-state index < -0.39 is 12.1 Å². The molecule has 1 amide bonds. The van der Waals surface area contributed by atoms with Crippen molar-refractivity contribution in [2.75, 3.05) is 13.2 Å². The Balaban J connectivity index is 3.43. The molecule has 424 valence electrons. The summed E-state index contributed by atoms with van der Waals surface area (Å²) in [6, 6.07) is -0.631. The van der Waals surface area contributed by atoms with E-state index in [0.717, 1.165) is 44.9 Å². The van der Waals surface area contributed by atoms with E-state index in [1.807, 2.05) is 6.08 Å². The van der Waals surface area contributed by atoms with Gasteiger partial charge < -0.3 is 20.3 Å². The van der Waals surface area contributed by atoms with Crippen molar-refractivity contribution in [3.05, 3.63) is 36.5 Å². The number of nitrogens with one attached hydrogen (secondary N) is 1. The third-order valence-corrected chi connectivity index (χ3v) is 14.9. The van der Waals surface area contributed by atoms with E-state index in [9.17, 15) is 19.8 Å². The van der Waals surface area contributed by atoms with Crippen LogP contribution in [0.2, 0.25) is 0 Å². The number of ether oxygens (including phenoxy) is 1. The number of allylic oxidation sites excluding steroid dienone is 5. The Morgan fingerprint density at radius 1 is 0.375 bits per heavy atom. The van der Waals surface area contributed by atoms with Crippen molar-refractivity contribution in [2.24, 2.45) is 0 Å². The normalized spacial score (nSPS) is 12.8. The van der Waals surface area contributed by atoms with Gasteiger partial charge in [0.15, 0.2) is 0 Å². The number of amides is 1. The van der Waals surface area contributed by atoms with Gasteiger partial charge in [-0.15, -0.1) is 0 Å². The van der Waals surface area contributed by atoms with E-state index in [1.54, 1.807) is 6.08 Å². The molecule has 0 aliphatic carbocycles. The largest absolute Gasteiger partial charge is 0.466 e. The highest BCUT2D eigenvalue weighted by Crippen LogP contribution is 2.17. The molecule has 0 saturated heterocycles. The molecule has 0 spiro atoms. The first kappa shape index (κ1) is 70.1. The van der Waals surface area contributed by atoms with Crippen molar-refractivity contribution in [1.82, 2.24) is 5.32 Å². The first-order valence-electron chi connectivity index (χ1n) is 32.3. The van der Waals surface area contributed by atoms with Crippen molar-refractivity contribution < 1.29 is 24.5 Å². The van der Waals surface area contributed by atoms with E-state index in [-0.39, 0.29) is 18.5 Å². The molecule has 2 unspecified atom stereocenters. The van der Waals surface area contributed by atoms with Crippen LogP contribution in [-0.4, -0.2) is 47.4 Å². The Kier molecular flexibility index (Phi) is 60.0. The molecule has 6 nitrogen and oxygen atoms in total. The molecule has 0 bridgehead atoms. The highest BCUT2D eigenvalue weighted by Gasteiger charge is 2.18. The second-order valence-electron chi connectivity index (χ2n) is 22.1. The number of aliphatic hydroxyl groups excluding tert-OH is 2. The number of hydrogen-bond acceptors (Lipinski definition) is 5. The molecule has 0 aliphatic rings. The van der Waals surface area contributed by atoms with Crippen LogP contribution in [0.5, 0.6) is 0 Å². The number of rotatable bonds is 60. The first-order valence-corrected chi connectivity index (χ1v) is 32.3. The fourth-order valence-corrected chi connectivity index (χ4v) is 9.92. The van der Waals surface area contributed by atoms with Crippen LogP contribution >= 0.6 is 0 Å². The van der Waals surface area contributed by atoms with Crippen molar-refractivity contribution in [3.63, 3.8) is 0 Å². The fourth-order valence-electron chi connectivity index (χ4n) is 9.92. The third-order valence-electron chi connectivity index (χ3n) is 14.9. The zero-order valence-electron chi connectivity index (χ0n) is 48.4. The maximum Gasteiger partial charge on any atom is 0.305 e. The lowest BCUT2D eigenvalue weighted by atomic mass is 10.0. The van der Waals surface area contributed by atoms with Gasteiger partial charge in [-0.3, -0.25) is 9.59 Å². The van der Waals surface area contributed by atoms with E-state index in [4.69, 9.17) is 4.74 Å². The lowest BCUT2D eigenvalue weighted by molar-refractivity contribution is -0.143. The van der Waals surface area contributed by atoms with Gasteiger partial charge in [-0.2, -0.15) is 0 Å². The Hall–Kier alpha value is -1.92. The minimum absolute atomic E-state index is 0.00381. The summed E-state index contributed by atoms with van der Waals surface area (Å²) in [5, 5.41) is 23.2. The van der Waals surface area contributed by atoms with Crippen molar-refractivity contribution >= 4 is 11.9 Å². The molecule has 0 aromatic carbocycles. The summed E-state index contributed by atoms with van der Waals surface area (Å²) in [5.41, 5.74) is 0. The molecule has 3 N–H and O–H groups in total. The Labute approximate surface area is 449 Å². The molecule has 0 aromatic rings. The van der Waals surface area contributed by atoms with E-state index >= 15 is 0 Å². The van der Waals surface area contributed by atoms with Gasteiger partial charge in [0, 0.05) is 12.8 Å². The molecule has 0 heterocycles. The number of esters is 1. The molecule has 0 fully saturated rings. The third kappa shape index (κ3) is 57.4. The molecular formula is C66H125NO5. The van der Waals surface area contributed by atoms with Gasteiger partial charge in [0.05, 0.1) is 25.4 Å². The quantitative estimate of drug-likeness (QED) is 0.0320. The van der Waals surface area contributed by atoms with Crippen LogP contribution in [0.4, 0.5) is 0 Å². The minimum atomic E-state index is -0.847. The molecule has 0 saturated carbocycles. The number of carbonyl (C=O) groups is 2. The van der Waals surface area contributed by atoms with Crippen LogP contribution in [0.25, 0.3) is 0 Å². The molecular weight excluding hydrogens is 887 g/mol. The van der Waals surface area contributed by atoms with E-state index in [2.05, 4.69) is 43.5 Å². The van der Waals surface area contributed by atoms with Gasteiger partial charge in [-0.05, 0) is 83.5 Å². The zero-order chi connectivity index (χ0) is 52.2. The first-order chi connectivity index (χ1) is 35.5. The predicted octanol–water partition coefficient (Wildman–Crippen LogP) is 20.4. The highest BCUT2D eigenvalue weighted by molar-refractivity contribution is 5.76. The number of carbonyl (C=O) groups excluding carboxylic acids is 2. The van der Waals surface area contributed by atoms with Crippen molar-refractivity contribution in [1.29, 1.82) is 0 Å². The number of aliphatic hydroxyl groups is 2. The van der Waals surface area contributed by atoms with Gasteiger partial charge in [0.2, 0.25) is 5.91 Å². The van der Waals surface area contributed by atoms with Crippen LogP contribution in [0.3, 0.4) is 0 Å². The monoisotopic (exact) mass is 1010 g/mol. The molecule has 72 heavy (non-hydrogen) atoms. The Morgan fingerprint density at radius 2 is 0.653 bits per heavy atom. The van der Waals surface area contributed by atoms with Crippen LogP contribution in [0.15, 0.2) is 36.5 Å². The maximum absolute atomic E-state index is 12.5. The second-order valence-corrected chi connectivity index (χ2v) is 22.1. The molecule has 6 heteroatoms. The van der Waals surface area contributed by atoms with E-state index in [1.165, 1.54) is 276 Å². The second kappa shape index (κ2) is 61.6. The van der Waals surface area contributed by atoms with Crippen LogP contribution in [-0.2, 0) is 14.3 Å². The predicted molar refractivity (Wildman–Crippen MR) is 315 cm³/mol. The standard InChI is InChI=1S/C66H125NO5/c1-3-5-7-9-11-13-15-17-18-28-31-35-38-42-46-50-54-58-64(69)63(62-68)67-65(70)59-55-51-47-43-39-36-32-29-26-24-22-20-19-21-23-25-27-30-33-37-41-45-49-53-57-61-72-66(71)60-56-52-48-44-40-34-16-14-12-10-8-6-4-2/h14,16,20,22,54,58,63-64,68-69H,3-13,15,17-19,21,23-53,55-57,59-62H2,1-2H3,(H,67,70)/b16-14-,22-20-,58-54+. The van der Waals surface area contributed by atoms with E-state index in [0.29, 0.717) is 19.4 Å². The number of unbranched alkanes of at least 4 members (excludes halogenated alkanes) is 45. The zero-order valence-corrected chi connectivity index (χ0v) is 48.4. The fraction of sp³-hybridized carbons (Fsp3) is 0.879. The summed E-state index contributed by atoms with van der Waals surface area (Å²) in [6.07, 6.45) is 77.6. The van der Waals surface area contributed by atoms with Gasteiger partial charge in [-0.25, -0.2) is 0 Å². The lowest BCUT2D eigenvalue weighted by Crippen LogP contribution is -2.45. The smallest absolute Gasteiger partial charge is 0.305 e. The molecule has 0 aromatic heterocycles. The molecule has 0 aliphatic heterocycles. The highest BCUT2D eigenvalue weighted by atomic mass is 16.5. The topological polar surface area (TPSA) is 95.9 Å². The summed E-state index contributed by atoms with van der Waals surface area (Å²) in [6.45, 7) is 4.90. The number of hydrogen-bond donors (Lipinski definition) is 3. The molecule has 0 rings (SSSR count). The van der Waals surface area contributed by atoms with Crippen LogP contribution in [0, 0.1) is 0 Å². The Bertz CT molecular complexity index is 1170. The SMILES string of the molecule is CCCCCC/C=C\CCCCCCCC(=O)OCCCCCCCCCCCCCC/C=C\CCCCCCCCCCCC(=O)NC(CO)C(O)/C=C/CCCCCCCCCCCCCCCCC. The summed E-state index contributed by atoms with van der Waals surface area (Å²) in [4.78, 5) is 24.5. The Morgan fingerprint density at radius 3 is 1.00 bits per heavy atom. The van der Waals surface area contributed by atoms with Gasteiger partial charge in [-0.1, -0.05) is 288 Å². The summed E-state index contributed by atoms with van der Waals surface area (Å²) >= 11 is 0. The van der Waals surface area contributed by atoms with Gasteiger partial charge in [0.1, 0.15) is 0 Å². The summed E-state index contributed by atoms with van der Waals surface area (Å²) in [5.74, 6) is -0.0653. The maximum atomic E-state index is 12.5. The van der Waals surface area contributed by atoms with Crippen molar-refractivity contribution in [3.8, 4) is 0 Å². The minimum Gasteiger partial charge on any atom is -0.466 e. The van der Waals surface area contributed by atoms with Gasteiger partial charge in [0.25, 0.3) is 0 Å². The average molecular weight is 1010 g/mol. The van der Waals surface area contributed by atoms with Gasteiger partial charge >= 0.3 is 5.97 Å². The van der Waals surface area contributed by atoms with Crippen LogP contribution in [0.1, 0.15) is 348 Å². The summed E-state index contributed by atoms with van der Waals surface area (Å²) < 4.78 is 5.47. The summed E-state index contributed by atoms with van der Waals surface area (Å²) in [7, 11) is 0. The average Bonchev–Trinajstić information content (AvgIpc) is 3.38. The lowest BCUT2D eigenvalue weighted by Gasteiger charge is -2.20. The molecule has 2 atom stereocenters. The van der Waals surface area contributed by atoms with Crippen LogP contribution < -0.4 is 5.32 Å². The molecule has 0 radical (unpaired) electrons.